The Balaban J connectivity index is 2.05. The molecule has 0 bridgehead atoms. The van der Waals surface area contributed by atoms with Gasteiger partial charge in [-0.1, -0.05) is 6.07 Å². The summed E-state index contributed by atoms with van der Waals surface area (Å²) in [6.07, 6.45) is 1.76. The summed E-state index contributed by atoms with van der Waals surface area (Å²) in [6.45, 7) is 10.4. The number of hydrogen-bond donors (Lipinski definition) is 1. The lowest BCUT2D eigenvalue weighted by atomic mass is 10.1. The Morgan fingerprint density at radius 3 is 2.20 bits per heavy atom. The Hall–Kier alpha value is -2.82. The molecule has 1 saturated heterocycles. The number of nitrogens with zero attached hydrogens (tertiary/aromatic N) is 2. The molecule has 1 aromatic heterocycles. The molecule has 0 atom stereocenters. The van der Waals surface area contributed by atoms with E-state index in [4.69, 9.17) is 0 Å². The summed E-state index contributed by atoms with van der Waals surface area (Å²) in [5.74, 6) is -0.274. The van der Waals surface area contributed by atoms with Gasteiger partial charge in [0, 0.05) is 23.6 Å². The fourth-order valence-electron chi connectivity index (χ4n) is 3.43. The first-order chi connectivity index (χ1) is 11.8. The number of likely N-dealkylation sites (N-methyl/N-ethyl adjacent to an activating group) is 1. The largest absolute Gasteiger partial charge is 0.328 e. The molecule has 1 aromatic carbocycles. The fraction of sp³-hybridized carbons (Fsp3) is 0.300. The summed E-state index contributed by atoms with van der Waals surface area (Å²) in [7, 11) is 0. The summed E-state index contributed by atoms with van der Waals surface area (Å²) in [5, 5.41) is 2.66. The van der Waals surface area contributed by atoms with E-state index < -0.39 is 0 Å². The van der Waals surface area contributed by atoms with Crippen LogP contribution in [0.5, 0.6) is 0 Å². The summed E-state index contributed by atoms with van der Waals surface area (Å²) in [6, 6.07) is 8.11. The van der Waals surface area contributed by atoms with Crippen LogP contribution in [0.25, 0.3) is 11.8 Å². The molecule has 25 heavy (non-hydrogen) atoms. The zero-order chi connectivity index (χ0) is 18.3. The van der Waals surface area contributed by atoms with Gasteiger partial charge in [0.1, 0.15) is 5.70 Å². The molecular weight excluding hydrogens is 314 g/mol. The van der Waals surface area contributed by atoms with Gasteiger partial charge in [-0.3, -0.25) is 9.69 Å². The van der Waals surface area contributed by atoms with Crippen LogP contribution in [0.3, 0.4) is 0 Å². The van der Waals surface area contributed by atoms with Crippen LogP contribution >= 0.6 is 0 Å². The van der Waals surface area contributed by atoms with Gasteiger partial charge in [-0.15, -0.1) is 0 Å². The number of nitrogens with one attached hydrogen (secondary N) is 1. The number of urea groups is 1. The van der Waals surface area contributed by atoms with Gasteiger partial charge in [0.25, 0.3) is 5.91 Å². The van der Waals surface area contributed by atoms with E-state index in [0.29, 0.717) is 12.2 Å². The van der Waals surface area contributed by atoms with E-state index in [0.717, 1.165) is 22.6 Å². The maximum atomic E-state index is 12.3. The smallest absolute Gasteiger partial charge is 0.318 e. The molecule has 0 aliphatic carbocycles. The molecule has 1 aliphatic rings. The SMILES string of the molecule is CCN1C(=O)N/C(=C/c2cc(C)n(-c3cc(C)cc(C)c3)c2C)C1=O. The molecule has 0 spiro atoms. The average Bonchev–Trinajstić information content (AvgIpc) is 2.94. The molecule has 0 radical (unpaired) electrons. The molecule has 1 fully saturated rings. The Labute approximate surface area is 147 Å². The van der Waals surface area contributed by atoms with Crippen LogP contribution in [-0.2, 0) is 4.79 Å². The van der Waals surface area contributed by atoms with Crippen molar-refractivity contribution in [3.8, 4) is 5.69 Å². The van der Waals surface area contributed by atoms with Gasteiger partial charge in [-0.2, -0.15) is 0 Å². The van der Waals surface area contributed by atoms with Crippen LogP contribution in [0.4, 0.5) is 4.79 Å². The van der Waals surface area contributed by atoms with Crippen molar-refractivity contribution >= 4 is 18.0 Å². The highest BCUT2D eigenvalue weighted by Crippen LogP contribution is 2.25. The van der Waals surface area contributed by atoms with Crippen molar-refractivity contribution < 1.29 is 9.59 Å². The number of aromatic nitrogens is 1. The third kappa shape index (κ3) is 2.97. The first kappa shape index (κ1) is 17.0. The van der Waals surface area contributed by atoms with Crippen LogP contribution < -0.4 is 5.32 Å². The second-order valence-electron chi connectivity index (χ2n) is 6.55. The lowest BCUT2D eigenvalue weighted by Crippen LogP contribution is -2.30. The maximum Gasteiger partial charge on any atom is 0.328 e. The van der Waals surface area contributed by atoms with Gasteiger partial charge < -0.3 is 9.88 Å². The lowest BCUT2D eigenvalue weighted by Gasteiger charge is -2.12. The molecule has 1 N–H and O–H groups in total. The minimum Gasteiger partial charge on any atom is -0.318 e. The molecule has 0 saturated carbocycles. The van der Waals surface area contributed by atoms with Crippen molar-refractivity contribution in [1.82, 2.24) is 14.8 Å². The number of aryl methyl sites for hydroxylation is 3. The molecule has 5 nitrogen and oxygen atoms in total. The summed E-state index contributed by atoms with van der Waals surface area (Å²) >= 11 is 0. The van der Waals surface area contributed by atoms with Gasteiger partial charge in [-0.25, -0.2) is 4.79 Å². The number of imide groups is 1. The summed E-state index contributed by atoms with van der Waals surface area (Å²) < 4.78 is 2.17. The number of benzene rings is 1. The van der Waals surface area contributed by atoms with Crippen LogP contribution in [-0.4, -0.2) is 28.0 Å². The van der Waals surface area contributed by atoms with Crippen LogP contribution in [0.2, 0.25) is 0 Å². The first-order valence-electron chi connectivity index (χ1n) is 8.44. The highest BCUT2D eigenvalue weighted by molar-refractivity contribution is 6.14. The zero-order valence-corrected chi connectivity index (χ0v) is 15.3. The van der Waals surface area contributed by atoms with E-state index in [2.05, 4.69) is 41.9 Å². The van der Waals surface area contributed by atoms with Crippen molar-refractivity contribution in [3.05, 3.63) is 58.0 Å². The lowest BCUT2D eigenvalue weighted by molar-refractivity contribution is -0.122. The Morgan fingerprint density at radius 2 is 1.64 bits per heavy atom. The van der Waals surface area contributed by atoms with Crippen molar-refractivity contribution in [2.24, 2.45) is 0 Å². The monoisotopic (exact) mass is 337 g/mol. The molecule has 3 amide bonds. The molecule has 5 heteroatoms. The molecule has 2 heterocycles. The van der Waals surface area contributed by atoms with Crippen LogP contribution in [0.15, 0.2) is 30.0 Å². The van der Waals surface area contributed by atoms with E-state index in [9.17, 15) is 9.59 Å². The summed E-state index contributed by atoms with van der Waals surface area (Å²) in [5.41, 5.74) is 6.89. The van der Waals surface area contributed by atoms with E-state index in [1.807, 2.05) is 19.9 Å². The topological polar surface area (TPSA) is 54.3 Å². The number of rotatable bonds is 3. The minimum atomic E-state index is -0.359. The van der Waals surface area contributed by atoms with Crippen LogP contribution in [0, 0.1) is 27.7 Å². The number of amides is 3. The van der Waals surface area contributed by atoms with Crippen molar-refractivity contribution in [2.45, 2.75) is 34.6 Å². The number of hydrogen-bond acceptors (Lipinski definition) is 2. The minimum absolute atomic E-state index is 0.274. The molecular formula is C20H23N3O2. The molecule has 1 aliphatic heterocycles. The van der Waals surface area contributed by atoms with E-state index >= 15 is 0 Å². The molecule has 2 aromatic rings. The van der Waals surface area contributed by atoms with E-state index in [-0.39, 0.29) is 11.9 Å². The van der Waals surface area contributed by atoms with Crippen molar-refractivity contribution in [2.75, 3.05) is 6.54 Å². The van der Waals surface area contributed by atoms with Crippen molar-refractivity contribution in [1.29, 1.82) is 0 Å². The summed E-state index contributed by atoms with van der Waals surface area (Å²) in [4.78, 5) is 25.3. The Bertz CT molecular complexity index is 886. The van der Waals surface area contributed by atoms with Gasteiger partial charge >= 0.3 is 6.03 Å². The second kappa shape index (κ2) is 6.24. The number of carbonyl (C=O) groups excluding carboxylic acids is 2. The quantitative estimate of drug-likeness (QED) is 0.687. The van der Waals surface area contributed by atoms with Gasteiger partial charge in [0.2, 0.25) is 0 Å². The maximum absolute atomic E-state index is 12.3. The van der Waals surface area contributed by atoms with E-state index in [1.54, 1.807) is 13.0 Å². The van der Waals surface area contributed by atoms with Crippen molar-refractivity contribution in [3.63, 3.8) is 0 Å². The molecule has 3 rings (SSSR count). The predicted molar refractivity (Wildman–Crippen MR) is 98.6 cm³/mol. The second-order valence-corrected chi connectivity index (χ2v) is 6.55. The van der Waals surface area contributed by atoms with Crippen LogP contribution in [0.1, 0.15) is 35.0 Å². The first-order valence-corrected chi connectivity index (χ1v) is 8.44. The molecule has 130 valence electrons. The average molecular weight is 337 g/mol. The van der Waals surface area contributed by atoms with Gasteiger partial charge in [0.15, 0.2) is 0 Å². The highest BCUT2D eigenvalue weighted by atomic mass is 16.2. The van der Waals surface area contributed by atoms with Gasteiger partial charge in [0.05, 0.1) is 0 Å². The zero-order valence-electron chi connectivity index (χ0n) is 15.3. The third-order valence-electron chi connectivity index (χ3n) is 4.51. The third-order valence-corrected chi connectivity index (χ3v) is 4.51. The van der Waals surface area contributed by atoms with E-state index in [1.165, 1.54) is 16.0 Å². The fourth-order valence-corrected chi connectivity index (χ4v) is 3.43. The highest BCUT2D eigenvalue weighted by Gasteiger charge is 2.32. The predicted octanol–water partition coefficient (Wildman–Crippen LogP) is 3.62. The number of carbonyl (C=O) groups is 2. The Morgan fingerprint density at radius 1 is 1.00 bits per heavy atom. The molecule has 0 unspecified atom stereocenters. The van der Waals surface area contributed by atoms with Gasteiger partial charge in [-0.05, 0) is 75.6 Å². The normalized spacial score (nSPS) is 16.0. The standard InChI is InChI=1S/C20H23N3O2/c1-6-22-19(24)18(21-20(22)25)11-16-10-14(4)23(15(16)5)17-8-12(2)7-13(3)9-17/h7-11H,6H2,1-5H3,(H,21,25)/b18-11+. The Kier molecular flexibility index (Phi) is 4.25.